The van der Waals surface area contributed by atoms with Gasteiger partial charge in [-0.05, 0) is 39.7 Å². The van der Waals surface area contributed by atoms with E-state index in [0.717, 1.165) is 5.56 Å². The van der Waals surface area contributed by atoms with Crippen molar-refractivity contribution < 1.29 is 13.2 Å². The predicted octanol–water partition coefficient (Wildman–Crippen LogP) is 5.14. The zero-order valence-corrected chi connectivity index (χ0v) is 11.4. The van der Waals surface area contributed by atoms with E-state index < -0.39 is 6.43 Å². The van der Waals surface area contributed by atoms with E-state index in [-0.39, 0.29) is 11.4 Å². The summed E-state index contributed by atoms with van der Waals surface area (Å²) in [6, 6.07) is 10.8. The zero-order chi connectivity index (χ0) is 13.8. The summed E-state index contributed by atoms with van der Waals surface area (Å²) < 4.78 is 38.4. The highest BCUT2D eigenvalue weighted by Gasteiger charge is 2.06. The Bertz CT molecular complexity index is 555. The van der Waals surface area contributed by atoms with Gasteiger partial charge in [0.1, 0.15) is 5.82 Å². The van der Waals surface area contributed by atoms with Crippen molar-refractivity contribution in [2.75, 3.05) is 5.32 Å². The lowest BCUT2D eigenvalue weighted by Gasteiger charge is -2.08. The zero-order valence-electron chi connectivity index (χ0n) is 9.84. The van der Waals surface area contributed by atoms with Gasteiger partial charge >= 0.3 is 0 Å². The molecule has 2 aromatic carbocycles. The molecule has 0 fully saturated rings. The average Bonchev–Trinajstić information content (AvgIpc) is 2.40. The second kappa shape index (κ2) is 6.10. The maximum Gasteiger partial charge on any atom is 0.263 e. The first-order chi connectivity index (χ1) is 9.06. The third-order valence-corrected chi connectivity index (χ3v) is 3.29. The molecule has 0 aromatic heterocycles. The third kappa shape index (κ3) is 3.73. The first-order valence-corrected chi connectivity index (χ1v) is 6.41. The molecule has 0 aliphatic carbocycles. The van der Waals surface area contributed by atoms with Crippen molar-refractivity contribution in [2.24, 2.45) is 0 Å². The van der Waals surface area contributed by atoms with Gasteiger partial charge in [0, 0.05) is 17.8 Å². The van der Waals surface area contributed by atoms with Crippen molar-refractivity contribution in [1.82, 2.24) is 0 Å². The van der Waals surface area contributed by atoms with Crippen LogP contribution >= 0.6 is 15.9 Å². The monoisotopic (exact) mass is 329 g/mol. The molecule has 0 aliphatic heterocycles. The molecule has 0 unspecified atom stereocenters. The van der Waals surface area contributed by atoms with Crippen LogP contribution < -0.4 is 5.32 Å². The van der Waals surface area contributed by atoms with Crippen molar-refractivity contribution in [3.8, 4) is 0 Å². The van der Waals surface area contributed by atoms with Crippen molar-refractivity contribution in [3.05, 3.63) is 63.9 Å². The largest absolute Gasteiger partial charge is 0.381 e. The van der Waals surface area contributed by atoms with Crippen LogP contribution in [0.15, 0.2) is 46.9 Å². The number of hydrogen-bond donors (Lipinski definition) is 1. The molecule has 0 heterocycles. The molecule has 0 spiro atoms. The molecule has 1 nitrogen and oxygen atoms in total. The quantitative estimate of drug-likeness (QED) is 0.819. The number of nitrogens with one attached hydrogen (secondary N) is 1. The van der Waals surface area contributed by atoms with Crippen LogP contribution in [0.2, 0.25) is 0 Å². The lowest BCUT2D eigenvalue weighted by Crippen LogP contribution is -2.00. The van der Waals surface area contributed by atoms with Gasteiger partial charge < -0.3 is 5.32 Å². The normalized spacial score (nSPS) is 10.8. The summed E-state index contributed by atoms with van der Waals surface area (Å²) in [5.74, 6) is -0.349. The van der Waals surface area contributed by atoms with Crippen molar-refractivity contribution >= 4 is 21.6 Å². The van der Waals surface area contributed by atoms with E-state index in [1.165, 1.54) is 18.2 Å². The molecule has 5 heteroatoms. The molecule has 0 saturated heterocycles. The first-order valence-electron chi connectivity index (χ1n) is 5.62. The van der Waals surface area contributed by atoms with Crippen molar-refractivity contribution in [3.63, 3.8) is 0 Å². The standard InChI is InChI=1S/C14H11BrF3N/c15-12-6-5-11(7-13(12)16)19-8-9-1-3-10(4-2-9)14(17)18/h1-7,14,19H,8H2. The molecule has 0 atom stereocenters. The van der Waals surface area contributed by atoms with Gasteiger partial charge in [-0.1, -0.05) is 24.3 Å². The lowest BCUT2D eigenvalue weighted by molar-refractivity contribution is 0.151. The van der Waals surface area contributed by atoms with Crippen molar-refractivity contribution in [1.29, 1.82) is 0 Å². The highest BCUT2D eigenvalue weighted by molar-refractivity contribution is 9.10. The average molecular weight is 330 g/mol. The van der Waals surface area contributed by atoms with Gasteiger partial charge in [-0.25, -0.2) is 13.2 Å². The maximum absolute atomic E-state index is 13.3. The Morgan fingerprint density at radius 3 is 2.32 bits per heavy atom. The summed E-state index contributed by atoms with van der Waals surface area (Å²) in [5.41, 5.74) is 1.49. The highest BCUT2D eigenvalue weighted by atomic mass is 79.9. The fourth-order valence-electron chi connectivity index (χ4n) is 1.59. The van der Waals surface area contributed by atoms with Crippen LogP contribution in [0.25, 0.3) is 0 Å². The molecule has 0 aliphatic rings. The van der Waals surface area contributed by atoms with E-state index in [1.807, 2.05) is 0 Å². The second-order valence-electron chi connectivity index (χ2n) is 4.02. The van der Waals surface area contributed by atoms with Gasteiger partial charge in [-0.15, -0.1) is 0 Å². The number of halogens is 4. The summed E-state index contributed by atoms with van der Waals surface area (Å²) >= 11 is 3.07. The van der Waals surface area contributed by atoms with Gasteiger partial charge in [0.15, 0.2) is 0 Å². The molecule has 0 radical (unpaired) electrons. The van der Waals surface area contributed by atoms with E-state index in [0.29, 0.717) is 16.7 Å². The smallest absolute Gasteiger partial charge is 0.263 e. The van der Waals surface area contributed by atoms with Gasteiger partial charge in [0.05, 0.1) is 4.47 Å². The summed E-state index contributed by atoms with van der Waals surface area (Å²) in [4.78, 5) is 0. The van der Waals surface area contributed by atoms with Crippen LogP contribution in [0, 0.1) is 5.82 Å². The molecular formula is C14H11BrF3N. The third-order valence-electron chi connectivity index (χ3n) is 2.65. The van der Waals surface area contributed by atoms with E-state index in [9.17, 15) is 13.2 Å². The number of alkyl halides is 2. The lowest BCUT2D eigenvalue weighted by atomic mass is 10.1. The molecular weight excluding hydrogens is 319 g/mol. The Kier molecular flexibility index (Phi) is 4.47. The molecule has 1 N–H and O–H groups in total. The minimum Gasteiger partial charge on any atom is -0.381 e. The SMILES string of the molecule is Fc1cc(NCc2ccc(C(F)F)cc2)ccc1Br. The van der Waals surface area contributed by atoms with Gasteiger partial charge in [-0.2, -0.15) is 0 Å². The number of rotatable bonds is 4. The molecule has 100 valence electrons. The van der Waals surface area contributed by atoms with Gasteiger partial charge in [0.25, 0.3) is 6.43 Å². The molecule has 19 heavy (non-hydrogen) atoms. The van der Waals surface area contributed by atoms with E-state index in [1.54, 1.807) is 24.3 Å². The Morgan fingerprint density at radius 2 is 1.74 bits per heavy atom. The Labute approximate surface area is 117 Å². The summed E-state index contributed by atoms with van der Waals surface area (Å²) in [7, 11) is 0. The summed E-state index contributed by atoms with van der Waals surface area (Å²) in [6.07, 6.45) is -2.46. The van der Waals surface area contributed by atoms with Crippen LogP contribution in [-0.4, -0.2) is 0 Å². The fourth-order valence-corrected chi connectivity index (χ4v) is 1.84. The van der Waals surface area contributed by atoms with Crippen LogP contribution in [0.1, 0.15) is 17.6 Å². The van der Waals surface area contributed by atoms with Crippen LogP contribution in [0.4, 0.5) is 18.9 Å². The molecule has 2 aromatic rings. The predicted molar refractivity (Wildman–Crippen MR) is 72.8 cm³/mol. The van der Waals surface area contributed by atoms with Crippen molar-refractivity contribution in [2.45, 2.75) is 13.0 Å². The maximum atomic E-state index is 13.3. The van der Waals surface area contributed by atoms with Crippen LogP contribution in [0.3, 0.4) is 0 Å². The Morgan fingerprint density at radius 1 is 1.05 bits per heavy atom. The van der Waals surface area contributed by atoms with E-state index >= 15 is 0 Å². The molecule has 0 bridgehead atoms. The molecule has 0 amide bonds. The fraction of sp³-hybridized carbons (Fsp3) is 0.143. The molecule has 2 rings (SSSR count). The highest BCUT2D eigenvalue weighted by Crippen LogP contribution is 2.21. The minimum atomic E-state index is -2.46. The Hall–Kier alpha value is -1.49. The van der Waals surface area contributed by atoms with E-state index in [4.69, 9.17) is 0 Å². The van der Waals surface area contributed by atoms with Gasteiger partial charge in [-0.3, -0.25) is 0 Å². The summed E-state index contributed by atoms with van der Waals surface area (Å²) in [6.45, 7) is 0.449. The number of anilines is 1. The van der Waals surface area contributed by atoms with Crippen LogP contribution in [-0.2, 0) is 6.54 Å². The van der Waals surface area contributed by atoms with E-state index in [2.05, 4.69) is 21.2 Å². The first kappa shape index (κ1) is 13.9. The Balaban J connectivity index is 2.00. The van der Waals surface area contributed by atoms with Crippen LogP contribution in [0.5, 0.6) is 0 Å². The summed E-state index contributed by atoms with van der Waals surface area (Å²) in [5, 5.41) is 3.03. The minimum absolute atomic E-state index is 0.00145. The number of hydrogen-bond acceptors (Lipinski definition) is 1. The topological polar surface area (TPSA) is 12.0 Å². The second-order valence-corrected chi connectivity index (χ2v) is 4.88. The molecule has 0 saturated carbocycles. The van der Waals surface area contributed by atoms with Gasteiger partial charge in [0.2, 0.25) is 0 Å². The number of benzene rings is 2.